The third kappa shape index (κ3) is 2.09. The number of carbonyl (C=O) groups excluding carboxylic acids is 1. The summed E-state index contributed by atoms with van der Waals surface area (Å²) in [6.07, 6.45) is -0.409. The number of carbonyl (C=O) groups is 1. The summed E-state index contributed by atoms with van der Waals surface area (Å²) in [5, 5.41) is 17.0. The van der Waals surface area contributed by atoms with E-state index < -0.39 is 11.6 Å². The lowest BCUT2D eigenvalue weighted by Crippen LogP contribution is -2.38. The van der Waals surface area contributed by atoms with Gasteiger partial charge < -0.3 is 9.47 Å². The van der Waals surface area contributed by atoms with Crippen LogP contribution in [0.15, 0.2) is 0 Å². The standard InChI is InChI=1S/C8H8N2O3/c9-3-1-8(2-4-10)5-12-7(11)13-6-8/h1-2,5-6H2. The summed E-state index contributed by atoms with van der Waals surface area (Å²) in [4.78, 5) is 10.5. The van der Waals surface area contributed by atoms with Gasteiger partial charge in [0.05, 0.1) is 17.6 Å². The van der Waals surface area contributed by atoms with Crippen LogP contribution in [-0.2, 0) is 9.47 Å². The summed E-state index contributed by atoms with van der Waals surface area (Å²) >= 11 is 0. The van der Waals surface area contributed by atoms with E-state index in [0.29, 0.717) is 0 Å². The van der Waals surface area contributed by atoms with Crippen LogP contribution < -0.4 is 0 Å². The zero-order valence-electron chi connectivity index (χ0n) is 6.95. The molecule has 1 heterocycles. The quantitative estimate of drug-likeness (QED) is 0.591. The average molecular weight is 180 g/mol. The molecule has 0 N–H and O–H groups in total. The lowest BCUT2D eigenvalue weighted by atomic mass is 9.83. The normalized spacial score (nSPS) is 19.1. The minimum Gasteiger partial charge on any atom is -0.433 e. The van der Waals surface area contributed by atoms with Gasteiger partial charge in [0.25, 0.3) is 0 Å². The first-order chi connectivity index (χ1) is 6.22. The van der Waals surface area contributed by atoms with Crippen molar-refractivity contribution in [2.45, 2.75) is 12.8 Å². The predicted octanol–water partition coefficient (Wildman–Crippen LogP) is 0.967. The molecule has 1 rings (SSSR count). The molecule has 0 aromatic heterocycles. The molecule has 0 amide bonds. The molecular weight excluding hydrogens is 172 g/mol. The first kappa shape index (κ1) is 9.34. The molecule has 13 heavy (non-hydrogen) atoms. The maximum absolute atomic E-state index is 10.5. The molecule has 1 aliphatic heterocycles. The molecule has 0 bridgehead atoms. The first-order valence-corrected chi connectivity index (χ1v) is 3.76. The number of nitrogens with zero attached hydrogens (tertiary/aromatic N) is 2. The molecule has 0 aliphatic carbocycles. The Morgan fingerprint density at radius 3 is 2.08 bits per heavy atom. The third-order valence-electron chi connectivity index (χ3n) is 1.90. The monoisotopic (exact) mass is 180 g/mol. The number of rotatable bonds is 2. The van der Waals surface area contributed by atoms with Gasteiger partial charge in [0.1, 0.15) is 13.2 Å². The van der Waals surface area contributed by atoms with Crippen molar-refractivity contribution in [2.24, 2.45) is 5.41 Å². The van der Waals surface area contributed by atoms with Crippen molar-refractivity contribution in [3.63, 3.8) is 0 Å². The predicted molar refractivity (Wildman–Crippen MR) is 40.2 cm³/mol. The van der Waals surface area contributed by atoms with E-state index in [-0.39, 0.29) is 26.1 Å². The highest BCUT2D eigenvalue weighted by Crippen LogP contribution is 2.30. The molecule has 5 heteroatoms. The van der Waals surface area contributed by atoms with Gasteiger partial charge in [-0.1, -0.05) is 0 Å². The van der Waals surface area contributed by atoms with Gasteiger partial charge in [0, 0.05) is 12.8 Å². The summed E-state index contributed by atoms with van der Waals surface area (Å²) in [5.41, 5.74) is -0.628. The van der Waals surface area contributed by atoms with E-state index in [9.17, 15) is 4.79 Å². The van der Waals surface area contributed by atoms with Crippen molar-refractivity contribution in [3.05, 3.63) is 0 Å². The zero-order valence-corrected chi connectivity index (χ0v) is 6.95. The maximum atomic E-state index is 10.5. The Hall–Kier alpha value is -1.75. The zero-order chi connectivity index (χ0) is 9.73. The molecule has 0 aromatic rings. The minimum absolute atomic E-state index is 0.0902. The Bertz CT molecular complexity index is 259. The highest BCUT2D eigenvalue weighted by atomic mass is 16.7. The first-order valence-electron chi connectivity index (χ1n) is 3.76. The number of ether oxygens (including phenoxy) is 2. The van der Waals surface area contributed by atoms with Gasteiger partial charge in [0.2, 0.25) is 0 Å². The Morgan fingerprint density at radius 2 is 1.69 bits per heavy atom. The summed E-state index contributed by atoms with van der Waals surface area (Å²) in [7, 11) is 0. The second-order valence-electron chi connectivity index (χ2n) is 3.00. The van der Waals surface area contributed by atoms with E-state index in [1.54, 1.807) is 0 Å². The second-order valence-corrected chi connectivity index (χ2v) is 3.00. The number of nitriles is 2. The van der Waals surface area contributed by atoms with Crippen LogP contribution in [0.5, 0.6) is 0 Å². The highest BCUT2D eigenvalue weighted by molar-refractivity contribution is 5.60. The van der Waals surface area contributed by atoms with Crippen molar-refractivity contribution in [1.82, 2.24) is 0 Å². The van der Waals surface area contributed by atoms with Gasteiger partial charge in [-0.15, -0.1) is 0 Å². The van der Waals surface area contributed by atoms with E-state index in [1.165, 1.54) is 0 Å². The summed E-state index contributed by atoms with van der Waals surface area (Å²) in [6, 6.07) is 3.91. The van der Waals surface area contributed by atoms with Crippen LogP contribution in [0.1, 0.15) is 12.8 Å². The van der Waals surface area contributed by atoms with E-state index in [1.807, 2.05) is 12.1 Å². The van der Waals surface area contributed by atoms with Crippen LogP contribution in [0.4, 0.5) is 4.79 Å². The Kier molecular flexibility index (Phi) is 2.71. The van der Waals surface area contributed by atoms with Crippen molar-refractivity contribution in [2.75, 3.05) is 13.2 Å². The third-order valence-corrected chi connectivity index (χ3v) is 1.90. The Morgan fingerprint density at radius 1 is 1.23 bits per heavy atom. The number of hydrogen-bond acceptors (Lipinski definition) is 5. The Labute approximate surface area is 75.5 Å². The van der Waals surface area contributed by atoms with Crippen LogP contribution in [0, 0.1) is 28.1 Å². The van der Waals surface area contributed by atoms with Crippen LogP contribution in [0.2, 0.25) is 0 Å². The van der Waals surface area contributed by atoms with Crippen LogP contribution in [0.25, 0.3) is 0 Å². The van der Waals surface area contributed by atoms with E-state index in [0.717, 1.165) is 0 Å². The molecule has 1 fully saturated rings. The van der Waals surface area contributed by atoms with E-state index >= 15 is 0 Å². The minimum atomic E-state index is -0.730. The largest absolute Gasteiger partial charge is 0.508 e. The fourth-order valence-electron chi connectivity index (χ4n) is 1.11. The van der Waals surface area contributed by atoms with Crippen molar-refractivity contribution < 1.29 is 14.3 Å². The molecule has 0 saturated carbocycles. The van der Waals surface area contributed by atoms with Crippen molar-refractivity contribution in [3.8, 4) is 12.1 Å². The lowest BCUT2D eigenvalue weighted by Gasteiger charge is -2.31. The topological polar surface area (TPSA) is 83.1 Å². The van der Waals surface area contributed by atoms with Gasteiger partial charge in [-0.3, -0.25) is 0 Å². The summed E-state index contributed by atoms with van der Waals surface area (Å²) in [6.45, 7) is 0.180. The molecule has 0 radical (unpaired) electrons. The SMILES string of the molecule is N#CCC1(CC#N)COC(=O)OC1. The molecule has 1 aliphatic rings. The highest BCUT2D eigenvalue weighted by Gasteiger charge is 2.37. The molecule has 5 nitrogen and oxygen atoms in total. The number of hydrogen-bond donors (Lipinski definition) is 0. The average Bonchev–Trinajstić information content (AvgIpc) is 2.11. The maximum Gasteiger partial charge on any atom is 0.508 e. The van der Waals surface area contributed by atoms with Gasteiger partial charge in [-0.2, -0.15) is 10.5 Å². The van der Waals surface area contributed by atoms with Crippen LogP contribution in [0.3, 0.4) is 0 Å². The van der Waals surface area contributed by atoms with E-state index in [4.69, 9.17) is 10.5 Å². The van der Waals surface area contributed by atoms with Gasteiger partial charge >= 0.3 is 6.16 Å². The second kappa shape index (κ2) is 3.77. The van der Waals surface area contributed by atoms with E-state index in [2.05, 4.69) is 9.47 Å². The van der Waals surface area contributed by atoms with Crippen LogP contribution >= 0.6 is 0 Å². The molecular formula is C8H8N2O3. The Balaban J connectivity index is 2.65. The fourth-order valence-corrected chi connectivity index (χ4v) is 1.11. The van der Waals surface area contributed by atoms with Crippen molar-refractivity contribution in [1.29, 1.82) is 10.5 Å². The van der Waals surface area contributed by atoms with Gasteiger partial charge in [-0.25, -0.2) is 4.79 Å². The van der Waals surface area contributed by atoms with Gasteiger partial charge in [0.15, 0.2) is 0 Å². The molecule has 0 atom stereocenters. The molecule has 68 valence electrons. The smallest absolute Gasteiger partial charge is 0.433 e. The fraction of sp³-hybridized carbons (Fsp3) is 0.625. The van der Waals surface area contributed by atoms with Gasteiger partial charge in [-0.05, 0) is 0 Å². The van der Waals surface area contributed by atoms with Crippen molar-refractivity contribution >= 4 is 6.16 Å². The molecule has 0 unspecified atom stereocenters. The lowest BCUT2D eigenvalue weighted by molar-refractivity contribution is -0.0560. The molecule has 0 spiro atoms. The van der Waals surface area contributed by atoms with Crippen LogP contribution in [-0.4, -0.2) is 19.4 Å². The summed E-state index contributed by atoms with van der Waals surface area (Å²) < 4.78 is 9.27. The molecule has 1 saturated heterocycles. The number of cyclic esters (lactones) is 2. The summed E-state index contributed by atoms with van der Waals surface area (Å²) in [5.74, 6) is 0. The molecule has 0 aromatic carbocycles.